The predicted molar refractivity (Wildman–Crippen MR) is 86.4 cm³/mol. The van der Waals surface area contributed by atoms with E-state index in [9.17, 15) is 4.79 Å². The van der Waals surface area contributed by atoms with Gasteiger partial charge in [-0.25, -0.2) is 4.79 Å². The van der Waals surface area contributed by atoms with Crippen molar-refractivity contribution in [3.8, 4) is 0 Å². The Bertz CT molecular complexity index is 707. The van der Waals surface area contributed by atoms with E-state index in [1.807, 2.05) is 23.2 Å². The summed E-state index contributed by atoms with van der Waals surface area (Å²) in [5.74, 6) is 0. The van der Waals surface area contributed by atoms with Gasteiger partial charge in [0.25, 0.3) is 0 Å². The Kier molecular flexibility index (Phi) is 3.33. The van der Waals surface area contributed by atoms with Gasteiger partial charge in [-0.05, 0) is 25.0 Å². The monoisotopic (exact) mass is 319 g/mol. The highest BCUT2D eigenvalue weighted by molar-refractivity contribution is 6.31. The number of aromatic amines is 1. The molecule has 0 spiro atoms. The van der Waals surface area contributed by atoms with E-state index >= 15 is 0 Å². The van der Waals surface area contributed by atoms with Crippen LogP contribution in [0.2, 0.25) is 5.02 Å². The molecule has 2 saturated heterocycles. The Morgan fingerprint density at radius 1 is 1.23 bits per heavy atom. The number of anilines is 1. The molecule has 116 valence electrons. The van der Waals surface area contributed by atoms with Crippen LogP contribution in [0.4, 0.5) is 10.5 Å². The van der Waals surface area contributed by atoms with Crippen molar-refractivity contribution in [1.82, 2.24) is 20.4 Å². The number of nitrogens with one attached hydrogen (secondary N) is 2. The smallest absolute Gasteiger partial charge is 0.317 e. The summed E-state index contributed by atoms with van der Waals surface area (Å²) in [4.78, 5) is 16.1. The number of carbonyl (C=O) groups excluding carboxylic acids is 1. The van der Waals surface area contributed by atoms with E-state index < -0.39 is 0 Å². The van der Waals surface area contributed by atoms with Crippen molar-refractivity contribution in [2.75, 3.05) is 31.1 Å². The fourth-order valence-electron chi connectivity index (χ4n) is 3.51. The maximum absolute atomic E-state index is 11.8. The summed E-state index contributed by atoms with van der Waals surface area (Å²) in [5, 5.41) is 11.8. The minimum absolute atomic E-state index is 0.0819. The van der Waals surface area contributed by atoms with E-state index in [4.69, 9.17) is 11.6 Å². The zero-order valence-corrected chi connectivity index (χ0v) is 12.9. The number of urea groups is 1. The van der Waals surface area contributed by atoms with Gasteiger partial charge in [0.1, 0.15) is 0 Å². The van der Waals surface area contributed by atoms with Crippen molar-refractivity contribution in [2.45, 2.75) is 18.9 Å². The summed E-state index contributed by atoms with van der Waals surface area (Å²) in [7, 11) is 0. The van der Waals surface area contributed by atoms with E-state index in [2.05, 4.69) is 20.4 Å². The molecule has 1 aromatic heterocycles. The SMILES string of the molecule is O=C1NCCN1C1CCN(c2cc(Cl)cc3[nH]ncc23)CC1. The van der Waals surface area contributed by atoms with Crippen LogP contribution in [-0.4, -0.2) is 53.3 Å². The first-order valence-corrected chi connectivity index (χ1v) is 8.02. The molecule has 6 nitrogen and oxygen atoms in total. The molecule has 0 radical (unpaired) electrons. The molecule has 0 saturated carbocycles. The average Bonchev–Trinajstić information content (AvgIpc) is 3.15. The Morgan fingerprint density at radius 2 is 2.05 bits per heavy atom. The van der Waals surface area contributed by atoms with E-state index in [0.29, 0.717) is 11.1 Å². The molecule has 0 bridgehead atoms. The summed E-state index contributed by atoms with van der Waals surface area (Å²) in [5.41, 5.74) is 2.09. The van der Waals surface area contributed by atoms with E-state index in [1.165, 1.54) is 0 Å². The molecular formula is C15H18ClN5O. The number of aromatic nitrogens is 2. The van der Waals surface area contributed by atoms with Crippen molar-refractivity contribution in [2.24, 2.45) is 0 Å². The fourth-order valence-corrected chi connectivity index (χ4v) is 3.73. The molecule has 0 unspecified atom stereocenters. The van der Waals surface area contributed by atoms with Gasteiger partial charge in [0.2, 0.25) is 0 Å². The third-order valence-electron chi connectivity index (χ3n) is 4.64. The van der Waals surface area contributed by atoms with Gasteiger partial charge in [-0.2, -0.15) is 5.10 Å². The molecule has 0 atom stereocenters. The Morgan fingerprint density at radius 3 is 2.77 bits per heavy atom. The van der Waals surface area contributed by atoms with Gasteiger partial charge in [-0.15, -0.1) is 0 Å². The molecule has 2 aliphatic heterocycles. The zero-order valence-electron chi connectivity index (χ0n) is 12.2. The lowest BCUT2D eigenvalue weighted by Crippen LogP contribution is -2.46. The normalized spacial score (nSPS) is 20.0. The van der Waals surface area contributed by atoms with Gasteiger partial charge < -0.3 is 15.1 Å². The largest absolute Gasteiger partial charge is 0.371 e. The van der Waals surface area contributed by atoms with Crippen LogP contribution in [0, 0.1) is 0 Å². The minimum atomic E-state index is 0.0819. The summed E-state index contributed by atoms with van der Waals surface area (Å²) in [6.07, 6.45) is 3.82. The second-order valence-electron chi connectivity index (χ2n) is 5.90. The van der Waals surface area contributed by atoms with Crippen LogP contribution in [-0.2, 0) is 0 Å². The molecule has 22 heavy (non-hydrogen) atoms. The summed E-state index contributed by atoms with van der Waals surface area (Å²) in [6.45, 7) is 3.44. The van der Waals surface area contributed by atoms with Gasteiger partial charge in [0.15, 0.2) is 0 Å². The molecule has 2 amide bonds. The van der Waals surface area contributed by atoms with Crippen LogP contribution >= 0.6 is 11.6 Å². The number of fused-ring (bicyclic) bond motifs is 1. The van der Waals surface area contributed by atoms with Crippen LogP contribution in [0.5, 0.6) is 0 Å². The van der Waals surface area contributed by atoms with Crippen molar-refractivity contribution in [3.05, 3.63) is 23.4 Å². The van der Waals surface area contributed by atoms with Gasteiger partial charge >= 0.3 is 6.03 Å². The fraction of sp³-hybridized carbons (Fsp3) is 0.467. The molecule has 2 aromatic rings. The molecule has 3 heterocycles. The molecular weight excluding hydrogens is 302 g/mol. The number of amides is 2. The summed E-state index contributed by atoms with van der Waals surface area (Å²) < 4.78 is 0. The Labute approximate surface area is 133 Å². The Hall–Kier alpha value is -1.95. The van der Waals surface area contributed by atoms with E-state index in [0.717, 1.165) is 55.6 Å². The molecule has 0 aliphatic carbocycles. The van der Waals surface area contributed by atoms with Crippen LogP contribution in [0.1, 0.15) is 12.8 Å². The number of hydrogen-bond donors (Lipinski definition) is 2. The lowest BCUT2D eigenvalue weighted by atomic mass is 10.0. The van der Waals surface area contributed by atoms with Crippen LogP contribution in [0.3, 0.4) is 0 Å². The topological polar surface area (TPSA) is 64.3 Å². The first-order valence-electron chi connectivity index (χ1n) is 7.64. The van der Waals surface area contributed by atoms with Crippen molar-refractivity contribution in [3.63, 3.8) is 0 Å². The number of piperidine rings is 1. The second kappa shape index (κ2) is 5.35. The van der Waals surface area contributed by atoms with Crippen LogP contribution in [0.25, 0.3) is 10.9 Å². The number of nitrogens with zero attached hydrogens (tertiary/aromatic N) is 3. The first kappa shape index (κ1) is 13.7. The number of benzene rings is 1. The van der Waals surface area contributed by atoms with Crippen LogP contribution in [0.15, 0.2) is 18.3 Å². The van der Waals surface area contributed by atoms with Crippen molar-refractivity contribution < 1.29 is 4.79 Å². The third-order valence-corrected chi connectivity index (χ3v) is 4.86. The number of halogens is 1. The van der Waals surface area contributed by atoms with Crippen LogP contribution < -0.4 is 10.2 Å². The molecule has 1 aromatic carbocycles. The van der Waals surface area contributed by atoms with Gasteiger partial charge in [0.05, 0.1) is 11.7 Å². The highest BCUT2D eigenvalue weighted by atomic mass is 35.5. The molecule has 4 rings (SSSR count). The van der Waals surface area contributed by atoms with Crippen molar-refractivity contribution >= 4 is 34.2 Å². The van der Waals surface area contributed by atoms with Gasteiger partial charge in [-0.1, -0.05) is 11.6 Å². The first-order chi connectivity index (χ1) is 10.7. The predicted octanol–water partition coefficient (Wildman–Crippen LogP) is 2.21. The highest BCUT2D eigenvalue weighted by Crippen LogP contribution is 2.32. The highest BCUT2D eigenvalue weighted by Gasteiger charge is 2.31. The number of rotatable bonds is 2. The minimum Gasteiger partial charge on any atom is -0.371 e. The second-order valence-corrected chi connectivity index (χ2v) is 6.34. The zero-order chi connectivity index (χ0) is 15.1. The quantitative estimate of drug-likeness (QED) is 0.892. The molecule has 2 N–H and O–H groups in total. The summed E-state index contributed by atoms with van der Waals surface area (Å²) in [6, 6.07) is 4.33. The molecule has 2 fully saturated rings. The molecule has 7 heteroatoms. The van der Waals surface area contributed by atoms with E-state index in [1.54, 1.807) is 0 Å². The summed E-state index contributed by atoms with van der Waals surface area (Å²) >= 11 is 6.22. The third kappa shape index (κ3) is 2.27. The number of hydrogen-bond acceptors (Lipinski definition) is 3. The average molecular weight is 320 g/mol. The standard InChI is InChI=1S/C15H18ClN5O/c16-10-7-13-12(9-18-19-13)14(8-10)20-4-1-11(2-5-20)21-6-3-17-15(21)22/h7-9,11H,1-6H2,(H,17,22)(H,18,19). The van der Waals surface area contributed by atoms with Crippen molar-refractivity contribution in [1.29, 1.82) is 0 Å². The maximum atomic E-state index is 11.8. The lowest BCUT2D eigenvalue weighted by Gasteiger charge is -2.37. The van der Waals surface area contributed by atoms with E-state index in [-0.39, 0.29) is 6.03 Å². The number of H-pyrrole nitrogens is 1. The molecule has 2 aliphatic rings. The van der Waals surface area contributed by atoms with Gasteiger partial charge in [-0.3, -0.25) is 5.10 Å². The Balaban J connectivity index is 1.53. The number of carbonyl (C=O) groups is 1. The van der Waals surface area contributed by atoms with Gasteiger partial charge in [0, 0.05) is 48.3 Å². The lowest BCUT2D eigenvalue weighted by molar-refractivity contribution is 0.186. The maximum Gasteiger partial charge on any atom is 0.317 e.